The molecule has 0 saturated heterocycles. The third-order valence-corrected chi connectivity index (χ3v) is 2.29. The number of H-pyrrole nitrogens is 2. The zero-order chi connectivity index (χ0) is 11.5. The van der Waals surface area contributed by atoms with E-state index >= 15 is 0 Å². The maximum atomic E-state index is 11.1. The van der Waals surface area contributed by atoms with Crippen molar-refractivity contribution in [3.8, 4) is 22.8 Å². The summed E-state index contributed by atoms with van der Waals surface area (Å²) in [4.78, 5) is 11.1. The van der Waals surface area contributed by atoms with E-state index in [4.69, 9.17) is 9.47 Å². The van der Waals surface area contributed by atoms with Crippen molar-refractivity contribution in [1.29, 1.82) is 0 Å². The van der Waals surface area contributed by atoms with E-state index in [1.807, 2.05) is 0 Å². The average Bonchev–Trinajstić information content (AvgIpc) is 2.75. The number of aromatic amines is 2. The molecule has 0 aliphatic carbocycles. The van der Waals surface area contributed by atoms with Crippen molar-refractivity contribution in [3.05, 3.63) is 34.6 Å². The Balaban J connectivity index is 2.56. The van der Waals surface area contributed by atoms with Crippen LogP contribution in [0, 0.1) is 0 Å². The molecule has 0 saturated carbocycles. The van der Waals surface area contributed by atoms with Crippen LogP contribution in [0.2, 0.25) is 0 Å². The molecule has 0 amide bonds. The van der Waals surface area contributed by atoms with Crippen molar-refractivity contribution in [2.75, 3.05) is 14.2 Å². The van der Waals surface area contributed by atoms with Gasteiger partial charge in [-0.05, 0) is 18.2 Å². The Morgan fingerprint density at radius 1 is 1.06 bits per heavy atom. The molecule has 2 N–H and O–H groups in total. The van der Waals surface area contributed by atoms with Gasteiger partial charge in [-0.2, -0.15) is 0 Å². The van der Waals surface area contributed by atoms with Gasteiger partial charge in [-0.1, -0.05) is 0 Å². The standard InChI is InChI=1S/C11H12N2O3/c1-15-7-3-4-10(16-2)8(5-7)9-6-11(14)13-12-9/h3-6H,1-2H3,(H2,12,13,14). The number of hydrogen-bond acceptors (Lipinski definition) is 3. The molecule has 0 atom stereocenters. The lowest BCUT2D eigenvalue weighted by atomic mass is 10.1. The quantitative estimate of drug-likeness (QED) is 0.821. The van der Waals surface area contributed by atoms with Crippen LogP contribution in [0.5, 0.6) is 11.5 Å². The minimum absolute atomic E-state index is 0.181. The summed E-state index contributed by atoms with van der Waals surface area (Å²) in [5, 5.41) is 5.25. The van der Waals surface area contributed by atoms with Crippen molar-refractivity contribution in [1.82, 2.24) is 10.2 Å². The third-order valence-electron chi connectivity index (χ3n) is 2.29. The van der Waals surface area contributed by atoms with Gasteiger partial charge in [-0.25, -0.2) is 0 Å². The largest absolute Gasteiger partial charge is 0.497 e. The molecule has 16 heavy (non-hydrogen) atoms. The van der Waals surface area contributed by atoms with Crippen LogP contribution >= 0.6 is 0 Å². The molecule has 0 fully saturated rings. The second-order valence-corrected chi connectivity index (χ2v) is 3.24. The van der Waals surface area contributed by atoms with Gasteiger partial charge < -0.3 is 9.47 Å². The van der Waals surface area contributed by atoms with Crippen LogP contribution in [0.4, 0.5) is 0 Å². The van der Waals surface area contributed by atoms with E-state index in [1.165, 1.54) is 6.07 Å². The summed E-state index contributed by atoms with van der Waals surface area (Å²) in [6, 6.07) is 6.86. The maximum absolute atomic E-state index is 11.1. The van der Waals surface area contributed by atoms with Crippen LogP contribution in [0.15, 0.2) is 29.1 Å². The molecular formula is C11H12N2O3. The second-order valence-electron chi connectivity index (χ2n) is 3.24. The van der Waals surface area contributed by atoms with Crippen molar-refractivity contribution in [2.45, 2.75) is 0 Å². The minimum atomic E-state index is -0.181. The van der Waals surface area contributed by atoms with E-state index in [0.717, 1.165) is 5.56 Å². The highest BCUT2D eigenvalue weighted by Crippen LogP contribution is 2.31. The normalized spacial score (nSPS) is 10.1. The molecule has 2 aromatic rings. The zero-order valence-corrected chi connectivity index (χ0v) is 9.03. The lowest BCUT2D eigenvalue weighted by Gasteiger charge is -2.08. The van der Waals surface area contributed by atoms with Gasteiger partial charge in [0, 0.05) is 11.6 Å². The summed E-state index contributed by atoms with van der Waals surface area (Å²) in [5.74, 6) is 1.38. The minimum Gasteiger partial charge on any atom is -0.497 e. The summed E-state index contributed by atoms with van der Waals surface area (Å²) >= 11 is 0. The first kappa shape index (κ1) is 10.4. The monoisotopic (exact) mass is 220 g/mol. The molecule has 5 heteroatoms. The van der Waals surface area contributed by atoms with Crippen LogP contribution in [0.3, 0.4) is 0 Å². The molecule has 84 valence electrons. The molecule has 0 spiro atoms. The van der Waals surface area contributed by atoms with Crippen molar-refractivity contribution in [3.63, 3.8) is 0 Å². The molecule has 2 rings (SSSR count). The summed E-state index contributed by atoms with van der Waals surface area (Å²) in [6.45, 7) is 0. The van der Waals surface area contributed by atoms with Crippen LogP contribution in [-0.4, -0.2) is 24.4 Å². The Morgan fingerprint density at radius 3 is 2.44 bits per heavy atom. The molecule has 0 aliphatic rings. The summed E-state index contributed by atoms with van der Waals surface area (Å²) in [5.41, 5.74) is 1.26. The summed E-state index contributed by atoms with van der Waals surface area (Å²) < 4.78 is 10.3. The maximum Gasteiger partial charge on any atom is 0.264 e. The van der Waals surface area contributed by atoms with Crippen molar-refractivity contribution in [2.24, 2.45) is 0 Å². The topological polar surface area (TPSA) is 67.1 Å². The SMILES string of the molecule is COc1ccc(OC)c(-c2cc(=O)[nH][nH]2)c1. The smallest absolute Gasteiger partial charge is 0.264 e. The Kier molecular flexibility index (Phi) is 2.68. The van der Waals surface area contributed by atoms with Gasteiger partial charge >= 0.3 is 0 Å². The molecule has 1 aromatic carbocycles. The van der Waals surface area contributed by atoms with Crippen LogP contribution in [0.25, 0.3) is 11.3 Å². The highest BCUT2D eigenvalue weighted by atomic mass is 16.5. The second kappa shape index (κ2) is 4.14. The Hall–Kier alpha value is -2.17. The predicted molar refractivity (Wildman–Crippen MR) is 60.0 cm³/mol. The zero-order valence-electron chi connectivity index (χ0n) is 9.03. The third kappa shape index (κ3) is 1.79. The number of aromatic nitrogens is 2. The highest BCUT2D eigenvalue weighted by Gasteiger charge is 2.09. The van der Waals surface area contributed by atoms with Gasteiger partial charge in [0.2, 0.25) is 0 Å². The van der Waals surface area contributed by atoms with E-state index in [0.29, 0.717) is 17.2 Å². The van der Waals surface area contributed by atoms with E-state index < -0.39 is 0 Å². The molecule has 5 nitrogen and oxygen atoms in total. The Bertz CT molecular complexity index is 542. The number of nitrogens with one attached hydrogen (secondary N) is 2. The number of hydrogen-bond donors (Lipinski definition) is 2. The van der Waals surface area contributed by atoms with Crippen LogP contribution in [-0.2, 0) is 0 Å². The van der Waals surface area contributed by atoms with E-state index in [1.54, 1.807) is 32.4 Å². The van der Waals surface area contributed by atoms with Gasteiger partial charge in [0.1, 0.15) is 11.5 Å². The Labute approximate surface area is 92.0 Å². The van der Waals surface area contributed by atoms with E-state index in [9.17, 15) is 4.79 Å². The lowest BCUT2D eigenvalue weighted by Crippen LogP contribution is -1.93. The van der Waals surface area contributed by atoms with Gasteiger partial charge in [-0.3, -0.25) is 15.0 Å². The van der Waals surface area contributed by atoms with Crippen molar-refractivity contribution >= 4 is 0 Å². The molecule has 0 aliphatic heterocycles. The van der Waals surface area contributed by atoms with Gasteiger partial charge in [-0.15, -0.1) is 0 Å². The lowest BCUT2D eigenvalue weighted by molar-refractivity contribution is 0.404. The summed E-state index contributed by atoms with van der Waals surface area (Å²) in [6.07, 6.45) is 0. The van der Waals surface area contributed by atoms with Gasteiger partial charge in [0.15, 0.2) is 0 Å². The number of ether oxygens (including phenoxy) is 2. The first-order chi connectivity index (χ1) is 7.74. The van der Waals surface area contributed by atoms with Gasteiger partial charge in [0.25, 0.3) is 5.56 Å². The fraction of sp³-hybridized carbons (Fsp3) is 0.182. The fourth-order valence-electron chi connectivity index (χ4n) is 1.50. The van der Waals surface area contributed by atoms with Gasteiger partial charge in [0.05, 0.1) is 19.9 Å². The first-order valence-corrected chi connectivity index (χ1v) is 4.74. The number of methoxy groups -OCH3 is 2. The highest BCUT2D eigenvalue weighted by molar-refractivity contribution is 5.68. The molecular weight excluding hydrogens is 208 g/mol. The molecule has 0 unspecified atom stereocenters. The molecule has 0 radical (unpaired) electrons. The predicted octanol–water partition coefficient (Wildman–Crippen LogP) is 1.39. The fourth-order valence-corrected chi connectivity index (χ4v) is 1.50. The summed E-state index contributed by atoms with van der Waals surface area (Å²) in [7, 11) is 3.17. The van der Waals surface area contributed by atoms with E-state index in [-0.39, 0.29) is 5.56 Å². The van der Waals surface area contributed by atoms with Crippen LogP contribution in [0.1, 0.15) is 0 Å². The first-order valence-electron chi connectivity index (χ1n) is 4.74. The average molecular weight is 220 g/mol. The molecule has 1 aromatic heterocycles. The van der Waals surface area contributed by atoms with Crippen LogP contribution < -0.4 is 15.0 Å². The number of rotatable bonds is 3. The Morgan fingerprint density at radius 2 is 1.88 bits per heavy atom. The molecule has 1 heterocycles. The van der Waals surface area contributed by atoms with E-state index in [2.05, 4.69) is 10.2 Å². The van der Waals surface area contributed by atoms with Crippen molar-refractivity contribution < 1.29 is 9.47 Å². The number of benzene rings is 1. The molecule has 0 bridgehead atoms.